The van der Waals surface area contributed by atoms with E-state index in [4.69, 9.17) is 27.6 Å². The highest BCUT2D eigenvalue weighted by Crippen LogP contribution is 2.30. The first-order valence-electron chi connectivity index (χ1n) is 7.78. The number of rotatable bonds is 7. The first-order chi connectivity index (χ1) is 13.2. The molecule has 3 rings (SSSR count). The van der Waals surface area contributed by atoms with Crippen LogP contribution in [0.25, 0.3) is 0 Å². The molecule has 3 aromatic rings. The third-order valence-corrected chi connectivity index (χ3v) is 7.41. The van der Waals surface area contributed by atoms with E-state index in [2.05, 4.69) is 9.44 Å². The molecule has 1 heterocycles. The molecule has 2 N–H and O–H groups in total. The zero-order valence-electron chi connectivity index (χ0n) is 14.1. The zero-order valence-corrected chi connectivity index (χ0v) is 17.2. The van der Waals surface area contributed by atoms with Crippen molar-refractivity contribution in [2.45, 2.75) is 16.3 Å². The summed E-state index contributed by atoms with van der Waals surface area (Å²) in [6, 6.07) is 12.8. The van der Waals surface area contributed by atoms with Crippen LogP contribution in [-0.2, 0) is 26.6 Å². The molecule has 0 saturated carbocycles. The zero-order chi connectivity index (χ0) is 20.4. The fourth-order valence-electron chi connectivity index (χ4n) is 2.27. The quantitative estimate of drug-likeness (QED) is 0.556. The molecule has 0 unspecified atom stereocenters. The Morgan fingerprint density at radius 1 is 0.857 bits per heavy atom. The standard InChI is InChI=1S/C17H14Cl2N2O5S2/c18-15-4-1-5-16(17(15)19)28(24,25)21-12-6-8-14(9-7-12)27(22,23)20-11-13-3-2-10-26-13/h1-10,20-21H,11H2. The number of nitrogens with one attached hydrogen (secondary N) is 2. The molecule has 28 heavy (non-hydrogen) atoms. The van der Waals surface area contributed by atoms with Crippen molar-refractivity contribution in [3.8, 4) is 0 Å². The molecule has 7 nitrogen and oxygen atoms in total. The Balaban J connectivity index is 1.76. The molecule has 0 saturated heterocycles. The summed E-state index contributed by atoms with van der Waals surface area (Å²) in [5, 5.41) is 0.00612. The summed E-state index contributed by atoms with van der Waals surface area (Å²) in [5.41, 5.74) is 0.168. The number of furan rings is 1. The summed E-state index contributed by atoms with van der Waals surface area (Å²) in [4.78, 5) is -0.207. The lowest BCUT2D eigenvalue weighted by Crippen LogP contribution is -2.23. The van der Waals surface area contributed by atoms with E-state index in [-0.39, 0.29) is 32.1 Å². The van der Waals surface area contributed by atoms with Crippen LogP contribution in [0.2, 0.25) is 10.0 Å². The van der Waals surface area contributed by atoms with Crippen LogP contribution in [0.5, 0.6) is 0 Å². The fraction of sp³-hybridized carbons (Fsp3) is 0.0588. The predicted octanol–water partition coefficient (Wildman–Crippen LogP) is 3.87. The average molecular weight is 461 g/mol. The Morgan fingerprint density at radius 2 is 1.57 bits per heavy atom. The number of hydrogen-bond donors (Lipinski definition) is 2. The number of hydrogen-bond acceptors (Lipinski definition) is 5. The molecule has 1 aromatic heterocycles. The van der Waals surface area contributed by atoms with Gasteiger partial charge in [-0.2, -0.15) is 0 Å². The van der Waals surface area contributed by atoms with Crippen molar-refractivity contribution < 1.29 is 21.3 Å². The van der Waals surface area contributed by atoms with Crippen molar-refractivity contribution >= 4 is 48.9 Å². The summed E-state index contributed by atoms with van der Waals surface area (Å²) in [6.07, 6.45) is 1.44. The van der Waals surface area contributed by atoms with Gasteiger partial charge in [0.15, 0.2) is 0 Å². The Bertz CT molecular complexity index is 1180. The van der Waals surface area contributed by atoms with Gasteiger partial charge in [-0.3, -0.25) is 4.72 Å². The van der Waals surface area contributed by atoms with Crippen molar-refractivity contribution in [3.63, 3.8) is 0 Å². The monoisotopic (exact) mass is 460 g/mol. The van der Waals surface area contributed by atoms with E-state index in [1.807, 2.05) is 0 Å². The number of benzene rings is 2. The van der Waals surface area contributed by atoms with E-state index in [1.165, 1.54) is 48.7 Å². The van der Waals surface area contributed by atoms with Gasteiger partial charge in [0, 0.05) is 5.69 Å². The van der Waals surface area contributed by atoms with Gasteiger partial charge in [0.25, 0.3) is 10.0 Å². The summed E-state index contributed by atoms with van der Waals surface area (Å²) in [5.74, 6) is 0.464. The molecular weight excluding hydrogens is 447 g/mol. The van der Waals surface area contributed by atoms with Crippen LogP contribution in [0.1, 0.15) is 5.76 Å². The van der Waals surface area contributed by atoms with Crippen molar-refractivity contribution in [1.29, 1.82) is 0 Å². The van der Waals surface area contributed by atoms with Crippen molar-refractivity contribution in [1.82, 2.24) is 4.72 Å². The van der Waals surface area contributed by atoms with Gasteiger partial charge in [-0.05, 0) is 48.5 Å². The molecular formula is C17H14Cl2N2O5S2. The van der Waals surface area contributed by atoms with Crippen LogP contribution in [0.3, 0.4) is 0 Å². The van der Waals surface area contributed by atoms with E-state index in [0.29, 0.717) is 5.76 Å². The van der Waals surface area contributed by atoms with Crippen molar-refractivity contribution in [2.75, 3.05) is 4.72 Å². The first-order valence-corrected chi connectivity index (χ1v) is 11.5. The van der Waals surface area contributed by atoms with E-state index >= 15 is 0 Å². The lowest BCUT2D eigenvalue weighted by atomic mass is 10.3. The molecule has 11 heteroatoms. The Morgan fingerprint density at radius 3 is 2.21 bits per heavy atom. The lowest BCUT2D eigenvalue weighted by molar-refractivity contribution is 0.498. The molecule has 0 bridgehead atoms. The predicted molar refractivity (Wildman–Crippen MR) is 106 cm³/mol. The summed E-state index contributed by atoms with van der Waals surface area (Å²) >= 11 is 11.8. The number of halogens is 2. The first kappa shape index (κ1) is 20.7. The molecule has 0 fully saturated rings. The maximum Gasteiger partial charge on any atom is 0.263 e. The maximum atomic E-state index is 12.5. The van der Waals surface area contributed by atoms with Crippen LogP contribution >= 0.6 is 23.2 Å². The van der Waals surface area contributed by atoms with Crippen LogP contribution in [0.15, 0.2) is 75.1 Å². The Labute approximate surface area is 172 Å². The van der Waals surface area contributed by atoms with E-state index in [1.54, 1.807) is 12.1 Å². The molecule has 0 aliphatic heterocycles. The molecule has 0 amide bonds. The Kier molecular flexibility index (Phi) is 6.01. The average Bonchev–Trinajstić information content (AvgIpc) is 3.16. The number of sulfonamides is 2. The van der Waals surface area contributed by atoms with Gasteiger partial charge >= 0.3 is 0 Å². The van der Waals surface area contributed by atoms with Gasteiger partial charge in [-0.1, -0.05) is 29.3 Å². The molecule has 148 valence electrons. The molecule has 2 aromatic carbocycles. The van der Waals surface area contributed by atoms with E-state index in [0.717, 1.165) is 0 Å². The second-order valence-electron chi connectivity index (χ2n) is 5.59. The molecule has 0 atom stereocenters. The molecule has 0 aliphatic carbocycles. The fourth-order valence-corrected chi connectivity index (χ4v) is 5.08. The molecule has 0 spiro atoms. The topological polar surface area (TPSA) is 105 Å². The summed E-state index contributed by atoms with van der Waals surface area (Å²) in [6.45, 7) is -0.00300. The van der Waals surface area contributed by atoms with E-state index < -0.39 is 20.0 Å². The van der Waals surface area contributed by atoms with Crippen molar-refractivity contribution in [3.05, 3.63) is 76.7 Å². The van der Waals surface area contributed by atoms with Crippen LogP contribution in [0.4, 0.5) is 5.69 Å². The maximum absolute atomic E-state index is 12.5. The minimum atomic E-state index is -4.00. The smallest absolute Gasteiger partial charge is 0.263 e. The minimum absolute atomic E-state index is 0.00300. The number of anilines is 1. The third kappa shape index (κ3) is 4.68. The van der Waals surface area contributed by atoms with Gasteiger partial charge in [-0.15, -0.1) is 0 Å². The van der Waals surface area contributed by atoms with Crippen LogP contribution in [-0.4, -0.2) is 16.8 Å². The SMILES string of the molecule is O=S(=O)(NCc1ccco1)c1ccc(NS(=O)(=O)c2cccc(Cl)c2Cl)cc1. The van der Waals surface area contributed by atoms with Crippen molar-refractivity contribution in [2.24, 2.45) is 0 Å². The summed E-state index contributed by atoms with van der Waals surface area (Å²) < 4.78 is 59.4. The van der Waals surface area contributed by atoms with Crippen LogP contribution < -0.4 is 9.44 Å². The third-order valence-electron chi connectivity index (χ3n) is 3.64. The molecule has 0 radical (unpaired) electrons. The Hall–Kier alpha value is -2.04. The van der Waals surface area contributed by atoms with Gasteiger partial charge in [0.05, 0.1) is 27.7 Å². The molecule has 0 aliphatic rings. The van der Waals surface area contributed by atoms with Gasteiger partial charge in [0.2, 0.25) is 10.0 Å². The summed E-state index contributed by atoms with van der Waals surface area (Å²) in [7, 11) is -7.79. The largest absolute Gasteiger partial charge is 0.468 e. The van der Waals surface area contributed by atoms with E-state index in [9.17, 15) is 16.8 Å². The van der Waals surface area contributed by atoms with Crippen LogP contribution in [0, 0.1) is 0 Å². The van der Waals surface area contributed by atoms with Gasteiger partial charge in [-0.25, -0.2) is 21.6 Å². The second-order valence-corrected chi connectivity index (χ2v) is 9.79. The second kappa shape index (κ2) is 8.14. The highest BCUT2D eigenvalue weighted by molar-refractivity contribution is 7.92. The van der Waals surface area contributed by atoms with Gasteiger partial charge < -0.3 is 4.42 Å². The minimum Gasteiger partial charge on any atom is -0.468 e. The lowest BCUT2D eigenvalue weighted by Gasteiger charge is -2.11. The highest BCUT2D eigenvalue weighted by atomic mass is 35.5. The van der Waals surface area contributed by atoms with Gasteiger partial charge in [0.1, 0.15) is 10.7 Å². The highest BCUT2D eigenvalue weighted by Gasteiger charge is 2.20. The normalized spacial score (nSPS) is 12.1.